The molecule has 0 spiro atoms. The molecule has 1 aromatic carbocycles. The summed E-state index contributed by atoms with van der Waals surface area (Å²) in [4.78, 5) is 13.3. The van der Waals surface area contributed by atoms with Gasteiger partial charge in [-0.2, -0.15) is 0 Å². The molecule has 0 saturated carbocycles. The zero-order valence-electron chi connectivity index (χ0n) is 12.3. The van der Waals surface area contributed by atoms with E-state index < -0.39 is 0 Å². The van der Waals surface area contributed by atoms with Gasteiger partial charge in [0.25, 0.3) is 0 Å². The van der Waals surface area contributed by atoms with E-state index in [0.29, 0.717) is 6.42 Å². The third-order valence-corrected chi connectivity index (χ3v) is 4.76. The van der Waals surface area contributed by atoms with Crippen molar-refractivity contribution < 1.29 is 9.53 Å². The summed E-state index contributed by atoms with van der Waals surface area (Å²) in [6.07, 6.45) is 7.73. The van der Waals surface area contributed by atoms with Gasteiger partial charge in [-0.3, -0.25) is 4.79 Å². The van der Waals surface area contributed by atoms with Crippen LogP contribution in [0.4, 0.5) is 0 Å². The summed E-state index contributed by atoms with van der Waals surface area (Å²) >= 11 is 1.73. The number of carbonyl (C=O) groups is 1. The molecule has 1 aliphatic rings. The Bertz CT molecular complexity index is 431. The quantitative estimate of drug-likeness (QED) is 0.640. The molecule has 1 heterocycles. The smallest absolute Gasteiger partial charge is 0.174 e. The normalized spacial score (nSPS) is 17.4. The molecule has 0 saturated heterocycles. The van der Waals surface area contributed by atoms with Crippen LogP contribution in [0, 0.1) is 0 Å². The van der Waals surface area contributed by atoms with Crippen LogP contribution in [0.2, 0.25) is 0 Å². The maximum absolute atomic E-state index is 12.2. The number of benzene rings is 1. The number of ketones is 1. The number of para-hydroxylation sites is 1. The van der Waals surface area contributed by atoms with Crippen LogP contribution in [-0.4, -0.2) is 17.6 Å². The van der Waals surface area contributed by atoms with Crippen molar-refractivity contribution in [2.24, 2.45) is 0 Å². The summed E-state index contributed by atoms with van der Waals surface area (Å²) in [7, 11) is 0. The Kier molecular flexibility index (Phi) is 6.44. The molecule has 110 valence electrons. The first-order valence-corrected chi connectivity index (χ1v) is 8.71. The van der Waals surface area contributed by atoms with Crippen molar-refractivity contribution in [3.63, 3.8) is 0 Å². The minimum Gasteiger partial charge on any atom is -0.481 e. The fourth-order valence-electron chi connectivity index (χ4n) is 2.42. The summed E-state index contributed by atoms with van der Waals surface area (Å²) in [5.41, 5.74) is 0. The number of fused-ring (bicyclic) bond motifs is 1. The molecule has 1 atom stereocenters. The van der Waals surface area contributed by atoms with Gasteiger partial charge < -0.3 is 4.74 Å². The zero-order valence-corrected chi connectivity index (χ0v) is 13.1. The number of rotatable bonds is 8. The molecule has 0 N–H and O–H groups in total. The van der Waals surface area contributed by atoms with Gasteiger partial charge in [-0.15, -0.1) is 11.8 Å². The largest absolute Gasteiger partial charge is 0.481 e. The zero-order chi connectivity index (χ0) is 14.2. The van der Waals surface area contributed by atoms with Crippen molar-refractivity contribution in [1.29, 1.82) is 0 Å². The molecule has 0 aromatic heterocycles. The summed E-state index contributed by atoms with van der Waals surface area (Å²) in [6, 6.07) is 7.97. The van der Waals surface area contributed by atoms with Crippen LogP contribution in [0.15, 0.2) is 29.2 Å². The number of unbranched alkanes of at least 4 members (excludes halogenated alkanes) is 5. The van der Waals surface area contributed by atoms with Gasteiger partial charge in [0.1, 0.15) is 5.75 Å². The number of carbonyl (C=O) groups excluding carboxylic acids is 1. The molecule has 2 nitrogen and oxygen atoms in total. The van der Waals surface area contributed by atoms with Crippen molar-refractivity contribution in [2.75, 3.05) is 5.75 Å². The van der Waals surface area contributed by atoms with Gasteiger partial charge in [-0.05, 0) is 18.6 Å². The molecule has 2 rings (SSSR count). The molecule has 1 aliphatic heterocycles. The van der Waals surface area contributed by atoms with Crippen LogP contribution in [0.25, 0.3) is 0 Å². The maximum Gasteiger partial charge on any atom is 0.174 e. The predicted octanol–water partition coefficient (Wildman–Crippen LogP) is 4.86. The van der Waals surface area contributed by atoms with Gasteiger partial charge >= 0.3 is 0 Å². The van der Waals surface area contributed by atoms with E-state index >= 15 is 0 Å². The first-order chi connectivity index (χ1) is 9.81. The van der Waals surface area contributed by atoms with E-state index in [4.69, 9.17) is 4.74 Å². The lowest BCUT2D eigenvalue weighted by molar-refractivity contribution is -0.125. The van der Waals surface area contributed by atoms with Crippen LogP contribution < -0.4 is 4.74 Å². The van der Waals surface area contributed by atoms with E-state index in [-0.39, 0.29) is 11.9 Å². The lowest BCUT2D eigenvalue weighted by Crippen LogP contribution is -2.32. The molecule has 0 fully saturated rings. The van der Waals surface area contributed by atoms with Crippen molar-refractivity contribution in [2.45, 2.75) is 62.9 Å². The number of hydrogen-bond donors (Lipinski definition) is 0. The van der Waals surface area contributed by atoms with E-state index in [1.54, 1.807) is 11.8 Å². The van der Waals surface area contributed by atoms with Gasteiger partial charge in [-0.25, -0.2) is 0 Å². The van der Waals surface area contributed by atoms with Crippen molar-refractivity contribution in [3.8, 4) is 5.75 Å². The Morgan fingerprint density at radius 1 is 1.20 bits per heavy atom. The Labute approximate surface area is 126 Å². The highest BCUT2D eigenvalue weighted by molar-refractivity contribution is 7.99. The second-order valence-electron chi connectivity index (χ2n) is 5.35. The minimum absolute atomic E-state index is 0.245. The Morgan fingerprint density at radius 3 is 2.80 bits per heavy atom. The van der Waals surface area contributed by atoms with E-state index in [2.05, 4.69) is 13.0 Å². The Balaban J connectivity index is 1.69. The fraction of sp³-hybridized carbons (Fsp3) is 0.588. The molecule has 0 amide bonds. The predicted molar refractivity (Wildman–Crippen MR) is 84.6 cm³/mol. The number of ether oxygens (including phenoxy) is 1. The van der Waals surface area contributed by atoms with Crippen molar-refractivity contribution in [1.82, 2.24) is 0 Å². The van der Waals surface area contributed by atoms with Gasteiger partial charge in [0, 0.05) is 17.1 Å². The molecule has 1 unspecified atom stereocenters. The molecule has 0 bridgehead atoms. The van der Waals surface area contributed by atoms with Crippen LogP contribution in [0.5, 0.6) is 5.75 Å². The Hall–Kier alpha value is -0.960. The van der Waals surface area contributed by atoms with Crippen molar-refractivity contribution >= 4 is 17.5 Å². The van der Waals surface area contributed by atoms with E-state index in [9.17, 15) is 4.79 Å². The van der Waals surface area contributed by atoms with Crippen LogP contribution in [0.1, 0.15) is 51.9 Å². The average molecular weight is 292 g/mol. The third-order valence-electron chi connectivity index (χ3n) is 3.64. The second-order valence-corrected chi connectivity index (χ2v) is 6.41. The summed E-state index contributed by atoms with van der Waals surface area (Å²) in [5, 5.41) is 0. The number of hydrogen-bond acceptors (Lipinski definition) is 3. The van der Waals surface area contributed by atoms with E-state index in [1.165, 1.54) is 32.1 Å². The first kappa shape index (κ1) is 15.4. The fourth-order valence-corrected chi connectivity index (χ4v) is 3.44. The van der Waals surface area contributed by atoms with Gasteiger partial charge in [0.2, 0.25) is 0 Å². The SMILES string of the molecule is CCCCCCCCC(=O)C1CSc2ccccc2O1. The summed E-state index contributed by atoms with van der Waals surface area (Å²) in [5.74, 6) is 1.89. The lowest BCUT2D eigenvalue weighted by atomic mass is 10.1. The molecule has 1 aromatic rings. The van der Waals surface area contributed by atoms with Crippen LogP contribution in [-0.2, 0) is 4.79 Å². The number of thioether (sulfide) groups is 1. The van der Waals surface area contributed by atoms with Crippen molar-refractivity contribution in [3.05, 3.63) is 24.3 Å². The topological polar surface area (TPSA) is 26.3 Å². The molecule has 3 heteroatoms. The standard InChI is InChI=1S/C17H24O2S/c1-2-3-4-5-6-7-10-14(18)16-13-20-17-12-9-8-11-15(17)19-16/h8-9,11-12,16H,2-7,10,13H2,1H3. The second kappa shape index (κ2) is 8.35. The summed E-state index contributed by atoms with van der Waals surface area (Å²) < 4.78 is 5.82. The molecule has 0 radical (unpaired) electrons. The van der Waals surface area contributed by atoms with Gasteiger partial charge in [0.05, 0.1) is 0 Å². The molecule has 20 heavy (non-hydrogen) atoms. The Morgan fingerprint density at radius 2 is 1.95 bits per heavy atom. The molecule has 0 aliphatic carbocycles. The monoisotopic (exact) mass is 292 g/mol. The van der Waals surface area contributed by atoms with Crippen LogP contribution in [0.3, 0.4) is 0 Å². The lowest BCUT2D eigenvalue weighted by Gasteiger charge is -2.24. The highest BCUT2D eigenvalue weighted by Crippen LogP contribution is 2.35. The number of Topliss-reactive ketones (excluding diaryl/α,β-unsaturated/α-hetero) is 1. The maximum atomic E-state index is 12.2. The van der Waals surface area contributed by atoms with E-state index in [0.717, 1.165) is 22.8 Å². The molecular formula is C17H24O2S. The highest BCUT2D eigenvalue weighted by Gasteiger charge is 2.25. The summed E-state index contributed by atoms with van der Waals surface area (Å²) in [6.45, 7) is 2.22. The molecular weight excluding hydrogens is 268 g/mol. The highest BCUT2D eigenvalue weighted by atomic mass is 32.2. The first-order valence-electron chi connectivity index (χ1n) is 7.72. The average Bonchev–Trinajstić information content (AvgIpc) is 2.50. The van der Waals surface area contributed by atoms with Gasteiger partial charge in [0.15, 0.2) is 11.9 Å². The minimum atomic E-state index is -0.245. The van der Waals surface area contributed by atoms with Gasteiger partial charge in [-0.1, -0.05) is 51.2 Å². The van der Waals surface area contributed by atoms with Crippen LogP contribution >= 0.6 is 11.8 Å². The van der Waals surface area contributed by atoms with E-state index in [1.807, 2.05) is 18.2 Å². The third kappa shape index (κ3) is 4.55.